The first kappa shape index (κ1) is 15.0. The highest BCUT2D eigenvalue weighted by Crippen LogP contribution is 2.30. The number of hydrogen-bond acceptors (Lipinski definition) is 4. The molecule has 0 saturated carbocycles. The predicted molar refractivity (Wildman–Crippen MR) is 77.7 cm³/mol. The highest BCUT2D eigenvalue weighted by molar-refractivity contribution is 5.59. The SMILES string of the molecule is Cc1nn(C(C)C)c(NCc2ccc(F)cc2)c1[N+](=O)[O-]. The van der Waals surface area contributed by atoms with Crippen LogP contribution in [0.1, 0.15) is 31.1 Å². The van der Waals surface area contributed by atoms with Crippen LogP contribution < -0.4 is 5.32 Å². The molecule has 0 unspecified atom stereocenters. The molecule has 0 spiro atoms. The standard InChI is InChI=1S/C14H17FN4O2/c1-9(2)18-14(13(19(20)21)10(3)17-18)16-8-11-4-6-12(15)7-5-11/h4-7,9,16H,8H2,1-3H3. The summed E-state index contributed by atoms with van der Waals surface area (Å²) in [6, 6.07) is 5.98. The summed E-state index contributed by atoms with van der Waals surface area (Å²) >= 11 is 0. The molecule has 112 valence electrons. The van der Waals surface area contributed by atoms with Gasteiger partial charge in [0.2, 0.25) is 5.82 Å². The van der Waals surface area contributed by atoms with Crippen LogP contribution in [0.3, 0.4) is 0 Å². The number of nitrogens with one attached hydrogen (secondary N) is 1. The minimum absolute atomic E-state index is 0.00637. The Morgan fingerprint density at radius 1 is 1.38 bits per heavy atom. The Morgan fingerprint density at radius 3 is 2.52 bits per heavy atom. The molecule has 0 amide bonds. The topological polar surface area (TPSA) is 73.0 Å². The van der Waals surface area contributed by atoms with E-state index < -0.39 is 4.92 Å². The summed E-state index contributed by atoms with van der Waals surface area (Å²) < 4.78 is 14.5. The van der Waals surface area contributed by atoms with Gasteiger partial charge < -0.3 is 5.32 Å². The van der Waals surface area contributed by atoms with Gasteiger partial charge in [-0.15, -0.1) is 0 Å². The molecule has 0 aliphatic carbocycles. The maximum absolute atomic E-state index is 12.9. The first-order chi connectivity index (χ1) is 9.90. The normalized spacial score (nSPS) is 10.9. The molecule has 21 heavy (non-hydrogen) atoms. The highest BCUT2D eigenvalue weighted by Gasteiger charge is 2.26. The second-order valence-corrected chi connectivity index (χ2v) is 5.06. The molecular formula is C14H17FN4O2. The summed E-state index contributed by atoms with van der Waals surface area (Å²) in [7, 11) is 0. The van der Waals surface area contributed by atoms with Crippen molar-refractivity contribution in [2.24, 2.45) is 0 Å². The number of rotatable bonds is 5. The summed E-state index contributed by atoms with van der Waals surface area (Å²) in [6.45, 7) is 5.78. The maximum Gasteiger partial charge on any atom is 0.333 e. The quantitative estimate of drug-likeness (QED) is 0.677. The van der Waals surface area contributed by atoms with Crippen molar-refractivity contribution in [1.82, 2.24) is 9.78 Å². The molecule has 0 bridgehead atoms. The van der Waals surface area contributed by atoms with Crippen LogP contribution in [0.2, 0.25) is 0 Å². The van der Waals surface area contributed by atoms with Gasteiger partial charge in [0.15, 0.2) is 0 Å². The molecule has 1 aromatic carbocycles. The van der Waals surface area contributed by atoms with Gasteiger partial charge in [-0.3, -0.25) is 10.1 Å². The summed E-state index contributed by atoms with van der Waals surface area (Å²) in [5, 5.41) is 18.4. The summed E-state index contributed by atoms with van der Waals surface area (Å²) in [5.41, 5.74) is 1.18. The third-order valence-electron chi connectivity index (χ3n) is 3.10. The van der Waals surface area contributed by atoms with E-state index in [0.29, 0.717) is 18.1 Å². The Labute approximate surface area is 121 Å². The van der Waals surface area contributed by atoms with Gasteiger partial charge in [0.05, 0.1) is 4.92 Å². The van der Waals surface area contributed by atoms with Crippen LogP contribution in [-0.2, 0) is 6.54 Å². The van der Waals surface area contributed by atoms with E-state index in [1.54, 1.807) is 23.7 Å². The van der Waals surface area contributed by atoms with E-state index in [9.17, 15) is 14.5 Å². The molecule has 0 atom stereocenters. The summed E-state index contributed by atoms with van der Waals surface area (Å²) in [4.78, 5) is 10.8. The lowest BCUT2D eigenvalue weighted by Gasteiger charge is -2.12. The van der Waals surface area contributed by atoms with Crippen LogP contribution >= 0.6 is 0 Å². The Balaban J connectivity index is 2.29. The van der Waals surface area contributed by atoms with Crippen LogP contribution in [0.15, 0.2) is 24.3 Å². The van der Waals surface area contributed by atoms with E-state index in [1.807, 2.05) is 13.8 Å². The molecule has 1 aromatic heterocycles. The number of aromatic nitrogens is 2. The van der Waals surface area contributed by atoms with Gasteiger partial charge in [-0.1, -0.05) is 12.1 Å². The highest BCUT2D eigenvalue weighted by atomic mass is 19.1. The molecule has 2 aromatic rings. The van der Waals surface area contributed by atoms with Gasteiger partial charge in [-0.05, 0) is 38.5 Å². The zero-order chi connectivity index (χ0) is 15.6. The first-order valence-electron chi connectivity index (χ1n) is 6.62. The van der Waals surface area contributed by atoms with Crippen molar-refractivity contribution in [3.05, 3.63) is 51.5 Å². The van der Waals surface area contributed by atoms with Crippen molar-refractivity contribution >= 4 is 11.5 Å². The van der Waals surface area contributed by atoms with E-state index in [4.69, 9.17) is 0 Å². The fraction of sp³-hybridized carbons (Fsp3) is 0.357. The third kappa shape index (κ3) is 3.18. The predicted octanol–water partition coefficient (Wildman–Crippen LogP) is 3.43. The average Bonchev–Trinajstić information content (AvgIpc) is 2.75. The molecular weight excluding hydrogens is 275 g/mol. The summed E-state index contributed by atoms with van der Waals surface area (Å²) in [5.74, 6) is 0.0598. The number of benzene rings is 1. The van der Waals surface area contributed by atoms with E-state index in [1.165, 1.54) is 12.1 Å². The zero-order valence-electron chi connectivity index (χ0n) is 12.1. The van der Waals surface area contributed by atoms with Gasteiger partial charge in [0.1, 0.15) is 11.5 Å². The fourth-order valence-corrected chi connectivity index (χ4v) is 2.08. The molecule has 7 heteroatoms. The second-order valence-electron chi connectivity index (χ2n) is 5.06. The van der Waals surface area contributed by atoms with Crippen molar-refractivity contribution in [2.75, 3.05) is 5.32 Å². The summed E-state index contributed by atoms with van der Waals surface area (Å²) in [6.07, 6.45) is 0. The number of nitrogens with zero attached hydrogens (tertiary/aromatic N) is 3. The van der Waals surface area contributed by atoms with E-state index in [2.05, 4.69) is 10.4 Å². The first-order valence-corrected chi connectivity index (χ1v) is 6.62. The van der Waals surface area contributed by atoms with Crippen molar-refractivity contribution in [1.29, 1.82) is 0 Å². The van der Waals surface area contributed by atoms with Gasteiger partial charge in [-0.25, -0.2) is 9.07 Å². The van der Waals surface area contributed by atoms with Crippen LogP contribution in [-0.4, -0.2) is 14.7 Å². The van der Waals surface area contributed by atoms with Crippen LogP contribution in [0, 0.1) is 22.9 Å². The molecule has 0 saturated heterocycles. The second kappa shape index (κ2) is 5.90. The Bertz CT molecular complexity index is 650. The minimum atomic E-state index is -0.436. The van der Waals surface area contributed by atoms with Gasteiger partial charge in [0.25, 0.3) is 0 Å². The number of halogens is 1. The van der Waals surface area contributed by atoms with Crippen molar-refractivity contribution < 1.29 is 9.31 Å². The van der Waals surface area contributed by atoms with E-state index in [0.717, 1.165) is 5.56 Å². The molecule has 6 nitrogen and oxygen atoms in total. The maximum atomic E-state index is 12.9. The van der Waals surface area contributed by atoms with Crippen LogP contribution in [0.4, 0.5) is 15.9 Å². The lowest BCUT2D eigenvalue weighted by molar-refractivity contribution is -0.384. The Hall–Kier alpha value is -2.44. The van der Waals surface area contributed by atoms with Crippen molar-refractivity contribution in [3.63, 3.8) is 0 Å². The molecule has 0 fully saturated rings. The molecule has 0 aliphatic rings. The number of aryl methyl sites for hydroxylation is 1. The number of hydrogen-bond donors (Lipinski definition) is 1. The molecule has 1 heterocycles. The lowest BCUT2D eigenvalue weighted by atomic mass is 10.2. The van der Waals surface area contributed by atoms with E-state index in [-0.39, 0.29) is 17.5 Å². The monoisotopic (exact) mass is 292 g/mol. The smallest absolute Gasteiger partial charge is 0.333 e. The van der Waals surface area contributed by atoms with Gasteiger partial charge in [0, 0.05) is 12.6 Å². The van der Waals surface area contributed by atoms with Gasteiger partial charge >= 0.3 is 5.69 Å². The third-order valence-corrected chi connectivity index (χ3v) is 3.10. The molecule has 1 N–H and O–H groups in total. The van der Waals surface area contributed by atoms with Gasteiger partial charge in [-0.2, -0.15) is 5.10 Å². The molecule has 0 radical (unpaired) electrons. The number of nitro groups is 1. The Morgan fingerprint density at radius 2 is 2.00 bits per heavy atom. The van der Waals surface area contributed by atoms with Crippen LogP contribution in [0.25, 0.3) is 0 Å². The minimum Gasteiger partial charge on any atom is -0.360 e. The average molecular weight is 292 g/mol. The molecule has 2 rings (SSSR count). The molecule has 0 aliphatic heterocycles. The fourth-order valence-electron chi connectivity index (χ4n) is 2.08. The van der Waals surface area contributed by atoms with E-state index >= 15 is 0 Å². The van der Waals surface area contributed by atoms with Crippen molar-refractivity contribution in [3.8, 4) is 0 Å². The number of anilines is 1. The largest absolute Gasteiger partial charge is 0.360 e. The zero-order valence-corrected chi connectivity index (χ0v) is 12.1. The Kier molecular flexibility index (Phi) is 4.21. The lowest BCUT2D eigenvalue weighted by Crippen LogP contribution is -2.11. The van der Waals surface area contributed by atoms with Crippen molar-refractivity contribution in [2.45, 2.75) is 33.4 Å². The van der Waals surface area contributed by atoms with Crippen LogP contribution in [0.5, 0.6) is 0 Å².